The van der Waals surface area contributed by atoms with Crippen LogP contribution in [0, 0.1) is 5.92 Å². The first-order valence-corrected chi connectivity index (χ1v) is 16.8. The predicted molar refractivity (Wildman–Crippen MR) is 195 cm³/mol. The average molecular weight is 591 g/mol. The summed E-state index contributed by atoms with van der Waals surface area (Å²) in [5.74, 6) is 0.566. The first-order valence-electron chi connectivity index (χ1n) is 16.8. The molecule has 0 saturated heterocycles. The summed E-state index contributed by atoms with van der Waals surface area (Å²) in [7, 11) is 0. The molecule has 46 heavy (non-hydrogen) atoms. The molecule has 2 nitrogen and oxygen atoms in total. The highest BCUT2D eigenvalue weighted by atomic mass is 15.0. The lowest BCUT2D eigenvalue weighted by Crippen LogP contribution is -2.10. The molecule has 2 aromatic heterocycles. The summed E-state index contributed by atoms with van der Waals surface area (Å²) in [6.07, 6.45) is 19.6. The van der Waals surface area contributed by atoms with Gasteiger partial charge in [-0.3, -0.25) is 0 Å². The first-order chi connectivity index (χ1) is 22.8. The zero-order valence-corrected chi connectivity index (χ0v) is 25.8. The number of benzene rings is 5. The van der Waals surface area contributed by atoms with Crippen molar-refractivity contribution in [3.63, 3.8) is 0 Å². The van der Waals surface area contributed by atoms with Crippen molar-refractivity contribution in [2.24, 2.45) is 5.92 Å². The summed E-state index contributed by atoms with van der Waals surface area (Å²) in [6.45, 7) is 0. The molecule has 0 bridgehead atoms. The lowest BCUT2D eigenvalue weighted by molar-refractivity contribution is 0.616. The predicted octanol–water partition coefficient (Wildman–Crippen LogP) is 11.5. The molecule has 1 atom stereocenters. The van der Waals surface area contributed by atoms with E-state index in [0.29, 0.717) is 5.92 Å². The van der Waals surface area contributed by atoms with Crippen molar-refractivity contribution in [1.82, 2.24) is 9.13 Å². The van der Waals surface area contributed by atoms with Gasteiger partial charge in [0, 0.05) is 44.7 Å². The topological polar surface area (TPSA) is 9.86 Å². The third-order valence-electron chi connectivity index (χ3n) is 10.6. The maximum atomic E-state index is 2.55. The Hall–Kier alpha value is -5.34. The van der Waals surface area contributed by atoms with E-state index in [0.717, 1.165) is 19.3 Å². The monoisotopic (exact) mass is 590 g/mol. The summed E-state index contributed by atoms with van der Waals surface area (Å²) in [4.78, 5) is 0. The van der Waals surface area contributed by atoms with Gasteiger partial charge in [0.25, 0.3) is 0 Å². The van der Waals surface area contributed by atoms with Gasteiger partial charge in [0.05, 0.1) is 16.6 Å². The van der Waals surface area contributed by atoms with E-state index < -0.39 is 0 Å². The quantitative estimate of drug-likeness (QED) is 0.194. The van der Waals surface area contributed by atoms with Gasteiger partial charge in [-0.25, -0.2) is 0 Å². The van der Waals surface area contributed by atoms with Crippen molar-refractivity contribution in [2.75, 3.05) is 0 Å². The number of hydrogen-bond acceptors (Lipinski definition) is 0. The van der Waals surface area contributed by atoms with E-state index in [4.69, 9.17) is 0 Å². The van der Waals surface area contributed by atoms with Gasteiger partial charge in [-0.2, -0.15) is 0 Å². The van der Waals surface area contributed by atoms with Crippen LogP contribution in [0.1, 0.15) is 42.5 Å². The molecule has 0 spiro atoms. The Morgan fingerprint density at radius 1 is 0.609 bits per heavy atom. The number of nitrogens with zero attached hydrogens (tertiary/aromatic N) is 2. The minimum absolute atomic E-state index is 0.566. The molecule has 0 radical (unpaired) electrons. The molecule has 220 valence electrons. The molecule has 0 fully saturated rings. The molecular formula is C44H34N2. The molecule has 0 aliphatic heterocycles. The molecule has 0 N–H and O–H groups in total. The van der Waals surface area contributed by atoms with Gasteiger partial charge >= 0.3 is 0 Å². The van der Waals surface area contributed by atoms with E-state index in [2.05, 4.69) is 149 Å². The van der Waals surface area contributed by atoms with Crippen LogP contribution in [-0.4, -0.2) is 9.13 Å². The van der Waals surface area contributed by atoms with E-state index in [1.165, 1.54) is 95.7 Å². The zero-order valence-electron chi connectivity index (χ0n) is 25.8. The van der Waals surface area contributed by atoms with Gasteiger partial charge in [0.1, 0.15) is 0 Å². The maximum Gasteiger partial charge on any atom is 0.0562 e. The highest BCUT2D eigenvalue weighted by Crippen LogP contribution is 2.43. The summed E-state index contributed by atoms with van der Waals surface area (Å²) in [5, 5.41) is 6.56. The second-order valence-corrected chi connectivity index (χ2v) is 13.1. The zero-order chi connectivity index (χ0) is 30.2. The van der Waals surface area contributed by atoms with Crippen molar-refractivity contribution in [2.45, 2.75) is 32.1 Å². The lowest BCUT2D eigenvalue weighted by atomic mass is 9.78. The highest BCUT2D eigenvalue weighted by molar-refractivity contribution is 6.23. The van der Waals surface area contributed by atoms with E-state index in [-0.39, 0.29) is 0 Å². The number of allylic oxidation sites excluding steroid dienone is 7. The third kappa shape index (κ3) is 3.77. The third-order valence-corrected chi connectivity index (χ3v) is 10.6. The Morgan fingerprint density at radius 3 is 2.35 bits per heavy atom. The Morgan fingerprint density at radius 2 is 1.43 bits per heavy atom. The molecule has 1 unspecified atom stereocenters. The standard InChI is InChI=1S/C44H34N2/c1-2-14-32(15-3-1)46-41-26-23-30-12-5-7-17-36(30)44(41)39-27-38-37-18-8-9-20-40(37)45(42(38)28-43(39)46)33-24-21-31(22-25-33)35-19-10-13-29-11-4-6-16-34(29)35/h1-8,11-12,14-18,21-29H,9-10,13,19-20H2. The molecule has 0 amide bonds. The van der Waals surface area contributed by atoms with E-state index in [9.17, 15) is 0 Å². The number of rotatable bonds is 3. The van der Waals surface area contributed by atoms with Gasteiger partial charge in [0.2, 0.25) is 0 Å². The molecule has 2 heteroatoms. The van der Waals surface area contributed by atoms with Crippen LogP contribution >= 0.6 is 0 Å². The van der Waals surface area contributed by atoms with Crippen LogP contribution in [0.2, 0.25) is 0 Å². The van der Waals surface area contributed by atoms with E-state index >= 15 is 0 Å². The van der Waals surface area contributed by atoms with Crippen molar-refractivity contribution in [3.05, 3.63) is 156 Å². The Bertz CT molecular complexity index is 2480. The fraction of sp³-hybridized carbons (Fsp3) is 0.136. The fourth-order valence-corrected chi connectivity index (χ4v) is 8.57. The smallest absolute Gasteiger partial charge is 0.0562 e. The average Bonchev–Trinajstić information content (AvgIpc) is 3.63. The normalized spacial score (nSPS) is 17.4. The van der Waals surface area contributed by atoms with E-state index in [1.54, 1.807) is 0 Å². The number of fused-ring (bicyclic) bond motifs is 9. The summed E-state index contributed by atoms with van der Waals surface area (Å²) >= 11 is 0. The molecule has 7 aromatic rings. The Balaban J connectivity index is 1.24. The van der Waals surface area contributed by atoms with Gasteiger partial charge in [-0.1, -0.05) is 97.1 Å². The minimum atomic E-state index is 0.566. The van der Waals surface area contributed by atoms with Crippen molar-refractivity contribution < 1.29 is 0 Å². The Kier molecular flexibility index (Phi) is 5.69. The molecule has 0 saturated carbocycles. The van der Waals surface area contributed by atoms with E-state index in [1.807, 2.05) is 0 Å². The van der Waals surface area contributed by atoms with Crippen LogP contribution in [0.5, 0.6) is 0 Å². The first kappa shape index (κ1) is 25.9. The molecule has 3 aliphatic rings. The van der Waals surface area contributed by atoms with Gasteiger partial charge < -0.3 is 9.13 Å². The number of para-hydroxylation sites is 1. The van der Waals surface area contributed by atoms with Crippen LogP contribution in [0.25, 0.3) is 66.5 Å². The van der Waals surface area contributed by atoms with Crippen LogP contribution in [-0.2, 0) is 6.42 Å². The maximum absolute atomic E-state index is 2.55. The van der Waals surface area contributed by atoms with Crippen LogP contribution in [0.4, 0.5) is 0 Å². The molecule has 3 aliphatic carbocycles. The van der Waals surface area contributed by atoms with Gasteiger partial charge in [-0.05, 0) is 102 Å². The largest absolute Gasteiger partial charge is 0.313 e. The van der Waals surface area contributed by atoms with Gasteiger partial charge in [0.15, 0.2) is 0 Å². The summed E-state index contributed by atoms with van der Waals surface area (Å²) in [6, 6.07) is 38.6. The summed E-state index contributed by atoms with van der Waals surface area (Å²) < 4.78 is 5.01. The second-order valence-electron chi connectivity index (χ2n) is 13.1. The van der Waals surface area contributed by atoms with Crippen molar-refractivity contribution in [1.29, 1.82) is 0 Å². The molecule has 5 aromatic carbocycles. The SMILES string of the molecule is C1=CC2=C(c3ccc(-n4c5c(c6cc7c8c9ccccc9ccc8n(-c8ccccc8)c7cc64)C=CCC5)cc3)CCCC2C=C1. The molecular weight excluding hydrogens is 556 g/mol. The number of hydrogen-bond donors (Lipinski definition) is 0. The lowest BCUT2D eigenvalue weighted by Gasteiger charge is -2.27. The minimum Gasteiger partial charge on any atom is -0.313 e. The molecule has 10 rings (SSSR count). The molecule has 2 heterocycles. The van der Waals surface area contributed by atoms with Crippen molar-refractivity contribution >= 4 is 55.1 Å². The van der Waals surface area contributed by atoms with Crippen LogP contribution in [0.3, 0.4) is 0 Å². The van der Waals surface area contributed by atoms with Crippen LogP contribution < -0.4 is 0 Å². The highest BCUT2D eigenvalue weighted by Gasteiger charge is 2.24. The summed E-state index contributed by atoms with van der Waals surface area (Å²) in [5.41, 5.74) is 13.4. The number of aromatic nitrogens is 2. The fourth-order valence-electron chi connectivity index (χ4n) is 8.57. The van der Waals surface area contributed by atoms with Crippen LogP contribution in [0.15, 0.2) is 139 Å². The second kappa shape index (κ2) is 10.1. The Labute approximate surface area is 268 Å². The van der Waals surface area contributed by atoms with Gasteiger partial charge in [-0.15, -0.1) is 0 Å². The van der Waals surface area contributed by atoms with Crippen molar-refractivity contribution in [3.8, 4) is 11.4 Å².